The Morgan fingerprint density at radius 2 is 2.14 bits per heavy atom. The Balaban J connectivity index is 1.97. The van der Waals surface area contributed by atoms with Crippen molar-refractivity contribution in [2.75, 3.05) is 12.5 Å². The molecule has 0 saturated carbocycles. The Morgan fingerprint density at radius 1 is 1.41 bits per heavy atom. The molecule has 22 heavy (non-hydrogen) atoms. The van der Waals surface area contributed by atoms with Crippen LogP contribution in [0.4, 0.5) is 5.69 Å². The number of carboxylic acids is 1. The summed E-state index contributed by atoms with van der Waals surface area (Å²) in [6.45, 7) is -0.00788. The number of carbonyl (C=O) groups is 1. The fourth-order valence-electron chi connectivity index (χ4n) is 1.83. The number of aromatic nitrogens is 3. The largest absolute Gasteiger partial charge is 0.481 e. The number of hydrogen-bond donors (Lipinski definition) is 2. The second-order valence-corrected chi connectivity index (χ2v) is 5.10. The zero-order valence-corrected chi connectivity index (χ0v) is 11.6. The summed E-state index contributed by atoms with van der Waals surface area (Å²) in [6, 6.07) is 2.69. The molecule has 0 unspecified atom stereocenters. The number of H-pyrrole nitrogens is 1. The second-order valence-electron chi connectivity index (χ2n) is 4.14. The van der Waals surface area contributed by atoms with Crippen LogP contribution in [0, 0.1) is 10.1 Å². The van der Waals surface area contributed by atoms with E-state index in [0.717, 1.165) is 11.8 Å². The van der Waals surface area contributed by atoms with Gasteiger partial charge in [0.1, 0.15) is 5.56 Å². The van der Waals surface area contributed by atoms with E-state index in [4.69, 9.17) is 14.6 Å². The van der Waals surface area contributed by atoms with Crippen LogP contribution < -0.4 is 9.47 Å². The first-order valence-electron chi connectivity index (χ1n) is 5.90. The summed E-state index contributed by atoms with van der Waals surface area (Å²) in [7, 11) is 0. The van der Waals surface area contributed by atoms with E-state index in [1.54, 1.807) is 0 Å². The number of fused-ring (bicyclic) bond motifs is 1. The lowest BCUT2D eigenvalue weighted by atomic mass is 10.1. The Bertz CT molecular complexity index is 761. The van der Waals surface area contributed by atoms with E-state index in [-0.39, 0.29) is 40.5 Å². The van der Waals surface area contributed by atoms with Gasteiger partial charge in [0, 0.05) is 6.07 Å². The topological polar surface area (TPSA) is 140 Å². The monoisotopic (exact) mass is 324 g/mol. The maximum atomic E-state index is 11.2. The van der Waals surface area contributed by atoms with Gasteiger partial charge in [-0.1, -0.05) is 11.8 Å². The van der Waals surface area contributed by atoms with Crippen LogP contribution in [-0.2, 0) is 4.79 Å². The highest BCUT2D eigenvalue weighted by Crippen LogP contribution is 2.41. The Kier molecular flexibility index (Phi) is 3.55. The molecule has 0 amide bonds. The summed E-state index contributed by atoms with van der Waals surface area (Å²) in [4.78, 5) is 23.9. The zero-order valence-electron chi connectivity index (χ0n) is 10.8. The first-order valence-corrected chi connectivity index (χ1v) is 6.89. The van der Waals surface area contributed by atoms with Gasteiger partial charge in [0.15, 0.2) is 22.5 Å². The highest BCUT2D eigenvalue weighted by molar-refractivity contribution is 7.99. The van der Waals surface area contributed by atoms with Gasteiger partial charge in [0.05, 0.1) is 16.7 Å². The van der Waals surface area contributed by atoms with Crippen LogP contribution in [0.1, 0.15) is 0 Å². The quantitative estimate of drug-likeness (QED) is 0.472. The highest BCUT2D eigenvalue weighted by atomic mass is 32.2. The molecule has 1 aromatic carbocycles. The van der Waals surface area contributed by atoms with E-state index < -0.39 is 10.9 Å². The average molecular weight is 324 g/mol. The standard InChI is InChI=1S/C11H8N4O6S/c16-9(17)3-22-11-12-10(13-14-11)5-1-7-8(21-4-20-7)2-6(5)15(18)19/h1-2H,3-4H2,(H,16,17)(H,12,13,14). The number of aromatic amines is 1. The third-order valence-electron chi connectivity index (χ3n) is 2.74. The molecule has 1 aliphatic heterocycles. The lowest BCUT2D eigenvalue weighted by Crippen LogP contribution is -1.97. The zero-order chi connectivity index (χ0) is 15.7. The van der Waals surface area contributed by atoms with Crippen LogP contribution in [0.5, 0.6) is 11.5 Å². The van der Waals surface area contributed by atoms with Crippen molar-refractivity contribution in [3.05, 3.63) is 22.2 Å². The molecule has 2 aromatic rings. The predicted molar refractivity (Wildman–Crippen MR) is 73.0 cm³/mol. The number of ether oxygens (including phenoxy) is 2. The summed E-state index contributed by atoms with van der Waals surface area (Å²) in [5.41, 5.74) is -0.0286. The number of nitro benzene ring substituents is 1. The maximum absolute atomic E-state index is 11.2. The fraction of sp³-hybridized carbons (Fsp3) is 0.182. The molecule has 0 aliphatic carbocycles. The van der Waals surface area contributed by atoms with E-state index in [2.05, 4.69) is 15.2 Å². The summed E-state index contributed by atoms with van der Waals surface area (Å²) in [6.07, 6.45) is 0. The number of carboxylic acid groups (broad SMARTS) is 1. The van der Waals surface area contributed by atoms with Gasteiger partial charge in [-0.2, -0.15) is 0 Å². The van der Waals surface area contributed by atoms with Crippen molar-refractivity contribution in [1.29, 1.82) is 0 Å². The Labute approximate surface area is 126 Å². The van der Waals surface area contributed by atoms with E-state index >= 15 is 0 Å². The number of hydrogen-bond acceptors (Lipinski definition) is 8. The molecule has 2 heterocycles. The number of aliphatic carboxylic acids is 1. The van der Waals surface area contributed by atoms with Crippen molar-refractivity contribution >= 4 is 23.4 Å². The molecule has 0 radical (unpaired) electrons. The minimum Gasteiger partial charge on any atom is -0.481 e. The molecule has 1 aliphatic rings. The van der Waals surface area contributed by atoms with Gasteiger partial charge in [-0.25, -0.2) is 0 Å². The van der Waals surface area contributed by atoms with Crippen LogP contribution >= 0.6 is 11.8 Å². The van der Waals surface area contributed by atoms with Gasteiger partial charge in [0.2, 0.25) is 6.79 Å². The molecule has 1 aromatic heterocycles. The average Bonchev–Trinajstić information content (AvgIpc) is 3.12. The summed E-state index contributed by atoms with van der Waals surface area (Å²) < 4.78 is 10.3. The van der Waals surface area contributed by atoms with E-state index in [9.17, 15) is 14.9 Å². The molecule has 0 spiro atoms. The number of nitro groups is 1. The van der Waals surface area contributed by atoms with E-state index in [1.165, 1.54) is 12.1 Å². The third kappa shape index (κ3) is 2.65. The lowest BCUT2D eigenvalue weighted by molar-refractivity contribution is -0.384. The molecular weight excluding hydrogens is 316 g/mol. The number of rotatable bonds is 5. The molecule has 0 saturated heterocycles. The second kappa shape index (κ2) is 5.52. The van der Waals surface area contributed by atoms with Gasteiger partial charge in [0.25, 0.3) is 5.69 Å². The molecule has 114 valence electrons. The molecule has 0 atom stereocenters. The molecule has 11 heteroatoms. The van der Waals surface area contributed by atoms with Crippen LogP contribution in [0.15, 0.2) is 17.3 Å². The normalized spacial score (nSPS) is 12.4. The number of nitrogens with zero attached hydrogens (tertiary/aromatic N) is 3. The number of thioether (sulfide) groups is 1. The van der Waals surface area contributed by atoms with Crippen molar-refractivity contribution < 1.29 is 24.3 Å². The van der Waals surface area contributed by atoms with Gasteiger partial charge in [-0.05, 0) is 0 Å². The van der Waals surface area contributed by atoms with Gasteiger partial charge in [-0.15, -0.1) is 10.2 Å². The smallest absolute Gasteiger partial charge is 0.313 e. The number of nitrogens with one attached hydrogen (secondary N) is 1. The van der Waals surface area contributed by atoms with Crippen LogP contribution in [0.25, 0.3) is 11.4 Å². The van der Waals surface area contributed by atoms with Crippen molar-refractivity contribution in [3.63, 3.8) is 0 Å². The van der Waals surface area contributed by atoms with E-state index in [1.807, 2.05) is 0 Å². The molecule has 10 nitrogen and oxygen atoms in total. The Morgan fingerprint density at radius 3 is 2.82 bits per heavy atom. The van der Waals surface area contributed by atoms with Gasteiger partial charge >= 0.3 is 5.97 Å². The third-order valence-corrected chi connectivity index (χ3v) is 3.59. The van der Waals surface area contributed by atoms with Crippen molar-refractivity contribution in [3.8, 4) is 22.9 Å². The number of benzene rings is 1. The molecule has 0 fully saturated rings. The molecule has 0 bridgehead atoms. The van der Waals surface area contributed by atoms with Crippen molar-refractivity contribution in [1.82, 2.24) is 15.2 Å². The van der Waals surface area contributed by atoms with Gasteiger partial charge in [-0.3, -0.25) is 14.9 Å². The first-order chi connectivity index (χ1) is 10.5. The minimum atomic E-state index is -1.00. The molecular formula is C11H8N4O6S. The predicted octanol–water partition coefficient (Wildman–Crippen LogP) is 1.29. The first kappa shape index (κ1) is 14.1. The minimum absolute atomic E-state index is 0.00788. The van der Waals surface area contributed by atoms with Crippen LogP contribution in [0.2, 0.25) is 0 Å². The van der Waals surface area contributed by atoms with E-state index in [0.29, 0.717) is 5.75 Å². The van der Waals surface area contributed by atoms with Crippen molar-refractivity contribution in [2.24, 2.45) is 0 Å². The molecule has 3 rings (SSSR count). The lowest BCUT2D eigenvalue weighted by Gasteiger charge is -2.01. The Hall–Kier alpha value is -2.82. The summed E-state index contributed by atoms with van der Waals surface area (Å²) >= 11 is 0.929. The van der Waals surface area contributed by atoms with Crippen LogP contribution in [-0.4, -0.2) is 43.7 Å². The summed E-state index contributed by atoms with van der Waals surface area (Å²) in [5, 5.41) is 27.6. The summed E-state index contributed by atoms with van der Waals surface area (Å²) in [5.74, 6) is -0.389. The van der Waals surface area contributed by atoms with Gasteiger partial charge < -0.3 is 19.6 Å². The fourth-order valence-corrected chi connectivity index (χ4v) is 2.36. The highest BCUT2D eigenvalue weighted by Gasteiger charge is 2.26. The van der Waals surface area contributed by atoms with Crippen molar-refractivity contribution in [2.45, 2.75) is 5.16 Å². The maximum Gasteiger partial charge on any atom is 0.313 e. The van der Waals surface area contributed by atoms with Crippen LogP contribution in [0.3, 0.4) is 0 Å². The molecule has 2 N–H and O–H groups in total. The SMILES string of the molecule is O=C(O)CSc1nnc(-c2cc3c(cc2[N+](=O)[O-])OCO3)[nH]1.